The number of aromatic nitrogens is 2. The lowest BCUT2D eigenvalue weighted by Crippen LogP contribution is -2.31. The highest BCUT2D eigenvalue weighted by atomic mass is 79.9. The van der Waals surface area contributed by atoms with E-state index < -0.39 is 0 Å². The molecule has 0 radical (unpaired) electrons. The number of nitrogens with one attached hydrogen (secondary N) is 1. The van der Waals surface area contributed by atoms with Crippen LogP contribution in [0.5, 0.6) is 0 Å². The molecule has 17 heavy (non-hydrogen) atoms. The van der Waals surface area contributed by atoms with Gasteiger partial charge < -0.3 is 10.2 Å². The second kappa shape index (κ2) is 5.18. The van der Waals surface area contributed by atoms with Gasteiger partial charge in [0.15, 0.2) is 0 Å². The molecule has 2 rings (SSSR count). The van der Waals surface area contributed by atoms with Crippen molar-refractivity contribution in [1.29, 1.82) is 0 Å². The molecule has 1 aliphatic heterocycles. The van der Waals surface area contributed by atoms with Crippen LogP contribution in [0.25, 0.3) is 0 Å². The summed E-state index contributed by atoms with van der Waals surface area (Å²) in [5.74, 6) is 0. The molecule has 0 spiro atoms. The van der Waals surface area contributed by atoms with Crippen LogP contribution in [0.15, 0.2) is 15.5 Å². The predicted octanol–water partition coefficient (Wildman–Crippen LogP) is 0.824. The number of likely N-dealkylation sites (N-methyl/N-ethyl adjacent to an activating group) is 1. The van der Waals surface area contributed by atoms with Crippen LogP contribution >= 0.6 is 15.9 Å². The van der Waals surface area contributed by atoms with Crippen LogP contribution in [-0.4, -0.2) is 36.0 Å². The standard InChI is InChI=1S/C11H17BrN4O/c1-3-16-11(17)10(12)9(6-14-16)15-5-4-8(7-15)13-2/h6,8,13H,3-5,7H2,1-2H3. The van der Waals surface area contributed by atoms with Gasteiger partial charge in [-0.1, -0.05) is 0 Å². The minimum absolute atomic E-state index is 0.0575. The molecular weight excluding hydrogens is 284 g/mol. The van der Waals surface area contributed by atoms with Gasteiger partial charge in [-0.05, 0) is 36.3 Å². The Bertz CT molecular complexity index is 459. The Morgan fingerprint density at radius 1 is 1.65 bits per heavy atom. The molecule has 2 heterocycles. The maximum absolute atomic E-state index is 11.9. The van der Waals surface area contributed by atoms with Crippen LogP contribution in [-0.2, 0) is 6.54 Å². The molecule has 1 atom stereocenters. The first-order valence-corrected chi connectivity index (χ1v) is 6.64. The van der Waals surface area contributed by atoms with Crippen LogP contribution in [0, 0.1) is 0 Å². The van der Waals surface area contributed by atoms with Crippen LogP contribution in [0.4, 0.5) is 5.69 Å². The van der Waals surface area contributed by atoms with Crippen molar-refractivity contribution >= 4 is 21.6 Å². The molecule has 1 aromatic heterocycles. The van der Waals surface area contributed by atoms with Crippen LogP contribution in [0.1, 0.15) is 13.3 Å². The number of hydrogen-bond donors (Lipinski definition) is 1. The number of halogens is 1. The number of aryl methyl sites for hydroxylation is 1. The van der Waals surface area contributed by atoms with Crippen molar-refractivity contribution in [2.45, 2.75) is 25.9 Å². The van der Waals surface area contributed by atoms with Gasteiger partial charge in [-0.2, -0.15) is 5.10 Å². The Hall–Kier alpha value is -0.880. The first-order chi connectivity index (χ1) is 8.17. The summed E-state index contributed by atoms with van der Waals surface area (Å²) in [6, 6.07) is 0.496. The van der Waals surface area contributed by atoms with Crippen LogP contribution in [0.2, 0.25) is 0 Å². The van der Waals surface area contributed by atoms with E-state index in [1.807, 2.05) is 14.0 Å². The van der Waals surface area contributed by atoms with Crippen molar-refractivity contribution in [3.05, 3.63) is 21.0 Å². The third-order valence-electron chi connectivity index (χ3n) is 3.20. The molecular formula is C11H17BrN4O. The van der Waals surface area contributed by atoms with Gasteiger partial charge >= 0.3 is 0 Å². The van der Waals surface area contributed by atoms with E-state index in [2.05, 4.69) is 31.2 Å². The van der Waals surface area contributed by atoms with E-state index in [4.69, 9.17) is 0 Å². The monoisotopic (exact) mass is 300 g/mol. The fraction of sp³-hybridized carbons (Fsp3) is 0.636. The molecule has 1 saturated heterocycles. The third kappa shape index (κ3) is 2.37. The van der Waals surface area contributed by atoms with Gasteiger partial charge in [-0.25, -0.2) is 4.68 Å². The summed E-state index contributed by atoms with van der Waals surface area (Å²) in [7, 11) is 1.97. The minimum atomic E-state index is -0.0575. The van der Waals surface area contributed by atoms with E-state index in [-0.39, 0.29) is 5.56 Å². The molecule has 1 unspecified atom stereocenters. The fourth-order valence-electron chi connectivity index (χ4n) is 2.12. The zero-order valence-electron chi connectivity index (χ0n) is 10.1. The summed E-state index contributed by atoms with van der Waals surface area (Å²) in [4.78, 5) is 14.1. The molecule has 0 aromatic carbocycles. The zero-order chi connectivity index (χ0) is 12.4. The molecule has 0 saturated carbocycles. The highest BCUT2D eigenvalue weighted by molar-refractivity contribution is 9.10. The summed E-state index contributed by atoms with van der Waals surface area (Å²) in [6.45, 7) is 4.39. The van der Waals surface area contributed by atoms with Crippen molar-refractivity contribution in [2.75, 3.05) is 25.0 Å². The predicted molar refractivity (Wildman–Crippen MR) is 71.5 cm³/mol. The third-order valence-corrected chi connectivity index (χ3v) is 3.95. The van der Waals surface area contributed by atoms with Crippen molar-refractivity contribution in [3.63, 3.8) is 0 Å². The molecule has 1 aromatic rings. The lowest BCUT2D eigenvalue weighted by Gasteiger charge is -2.19. The lowest BCUT2D eigenvalue weighted by molar-refractivity contribution is 0.607. The average Bonchev–Trinajstić information content (AvgIpc) is 2.81. The summed E-state index contributed by atoms with van der Waals surface area (Å²) < 4.78 is 2.07. The summed E-state index contributed by atoms with van der Waals surface area (Å²) in [5.41, 5.74) is 0.843. The minimum Gasteiger partial charge on any atom is -0.368 e. The summed E-state index contributed by atoms with van der Waals surface area (Å²) in [6.07, 6.45) is 2.87. The van der Waals surface area contributed by atoms with Gasteiger partial charge in [-0.3, -0.25) is 4.79 Å². The van der Waals surface area contributed by atoms with Crippen molar-refractivity contribution < 1.29 is 0 Å². The largest absolute Gasteiger partial charge is 0.368 e. The summed E-state index contributed by atoms with van der Waals surface area (Å²) in [5, 5.41) is 7.42. The molecule has 0 amide bonds. The topological polar surface area (TPSA) is 50.2 Å². The van der Waals surface area contributed by atoms with Gasteiger partial charge in [0, 0.05) is 25.7 Å². The molecule has 0 aliphatic carbocycles. The quantitative estimate of drug-likeness (QED) is 0.898. The van der Waals surface area contributed by atoms with E-state index >= 15 is 0 Å². The van der Waals surface area contributed by atoms with Gasteiger partial charge in [0.05, 0.1) is 11.9 Å². The molecule has 0 bridgehead atoms. The van der Waals surface area contributed by atoms with Crippen molar-refractivity contribution in [1.82, 2.24) is 15.1 Å². The molecule has 5 nitrogen and oxygen atoms in total. The Kier molecular flexibility index (Phi) is 3.83. The fourth-order valence-corrected chi connectivity index (χ4v) is 2.67. The molecule has 1 fully saturated rings. The number of anilines is 1. The van der Waals surface area contributed by atoms with Gasteiger partial charge in [0.1, 0.15) is 4.47 Å². The second-order valence-electron chi connectivity index (χ2n) is 4.18. The highest BCUT2D eigenvalue weighted by Gasteiger charge is 2.24. The molecule has 94 valence electrons. The number of rotatable bonds is 3. The number of hydrogen-bond acceptors (Lipinski definition) is 4. The molecule has 6 heteroatoms. The summed E-state index contributed by atoms with van der Waals surface area (Å²) >= 11 is 3.39. The molecule has 1 N–H and O–H groups in total. The second-order valence-corrected chi connectivity index (χ2v) is 4.98. The first-order valence-electron chi connectivity index (χ1n) is 5.85. The van der Waals surface area contributed by atoms with E-state index in [0.717, 1.165) is 25.2 Å². The Balaban J connectivity index is 2.29. The Labute approximate surface area is 109 Å². The van der Waals surface area contributed by atoms with E-state index in [9.17, 15) is 4.79 Å². The number of nitrogens with zero attached hydrogens (tertiary/aromatic N) is 3. The smallest absolute Gasteiger partial charge is 0.283 e. The average molecular weight is 301 g/mol. The zero-order valence-corrected chi connectivity index (χ0v) is 11.7. The Morgan fingerprint density at radius 2 is 2.41 bits per heavy atom. The lowest BCUT2D eigenvalue weighted by atomic mass is 10.3. The van der Waals surface area contributed by atoms with E-state index in [0.29, 0.717) is 17.1 Å². The maximum atomic E-state index is 11.9. The van der Waals surface area contributed by atoms with Crippen molar-refractivity contribution in [2.24, 2.45) is 0 Å². The van der Waals surface area contributed by atoms with Gasteiger partial charge in [0.2, 0.25) is 0 Å². The first kappa shape index (κ1) is 12.6. The van der Waals surface area contributed by atoms with E-state index in [1.165, 1.54) is 4.68 Å². The SMILES string of the molecule is CCn1ncc(N2CCC(NC)C2)c(Br)c1=O. The maximum Gasteiger partial charge on any atom is 0.283 e. The van der Waals surface area contributed by atoms with Gasteiger partial charge in [-0.15, -0.1) is 0 Å². The molecule has 1 aliphatic rings. The normalized spacial score (nSPS) is 19.9. The highest BCUT2D eigenvalue weighted by Crippen LogP contribution is 2.25. The Morgan fingerprint density at radius 3 is 3.00 bits per heavy atom. The van der Waals surface area contributed by atoms with E-state index in [1.54, 1.807) is 6.20 Å². The van der Waals surface area contributed by atoms with Gasteiger partial charge in [0.25, 0.3) is 5.56 Å². The van der Waals surface area contributed by atoms with Crippen LogP contribution in [0.3, 0.4) is 0 Å². The van der Waals surface area contributed by atoms with Crippen LogP contribution < -0.4 is 15.8 Å². The van der Waals surface area contributed by atoms with Crippen molar-refractivity contribution in [3.8, 4) is 0 Å².